The Morgan fingerprint density at radius 1 is 0.889 bits per heavy atom. The topological polar surface area (TPSA) is 206 Å². The minimum Gasteiger partial charge on any atom is -0.345 e. The SMILES string of the molecule is CCCNS(=O)(=O)Nc1ccc(F)c(C(=O)c2c[nH]c3ncc(-c4cnc(N5CCN(C(=O)CN6CCCCC6c6ccc(N7CCC(=O)NC7=O)cc6F)CC5)nc4)cc23)c1F. The van der Waals surface area contributed by atoms with Crippen molar-refractivity contribution in [3.05, 3.63) is 95.3 Å². The third-order valence-corrected chi connectivity index (χ3v) is 12.5. The molecule has 0 aliphatic carbocycles. The summed E-state index contributed by atoms with van der Waals surface area (Å²) in [5.41, 5.74) is 0.532. The number of rotatable bonds is 13. The highest BCUT2D eigenvalue weighted by Crippen LogP contribution is 2.35. The van der Waals surface area contributed by atoms with E-state index in [0.29, 0.717) is 73.9 Å². The Hall–Kier alpha value is -6.45. The van der Waals surface area contributed by atoms with Crippen LogP contribution in [0.15, 0.2) is 61.2 Å². The third-order valence-electron chi connectivity index (χ3n) is 11.4. The predicted molar refractivity (Wildman–Crippen MR) is 227 cm³/mol. The van der Waals surface area contributed by atoms with Crippen molar-refractivity contribution in [1.82, 2.24) is 39.8 Å². The van der Waals surface area contributed by atoms with E-state index < -0.39 is 50.7 Å². The highest BCUT2D eigenvalue weighted by atomic mass is 32.2. The van der Waals surface area contributed by atoms with Crippen molar-refractivity contribution in [2.75, 3.05) is 66.9 Å². The fraction of sp³-hybridized carbons (Fsp3) is 0.357. The van der Waals surface area contributed by atoms with Gasteiger partial charge in [0.25, 0.3) is 10.2 Å². The average Bonchev–Trinajstić information content (AvgIpc) is 3.71. The molecule has 3 aliphatic heterocycles. The van der Waals surface area contributed by atoms with E-state index in [1.807, 2.05) is 14.5 Å². The Bertz CT molecular complexity index is 2690. The molecule has 5 aromatic rings. The first-order valence-electron chi connectivity index (χ1n) is 20.6. The van der Waals surface area contributed by atoms with Gasteiger partial charge in [0.05, 0.1) is 17.8 Å². The molecule has 2 aromatic carbocycles. The maximum absolute atomic E-state index is 15.6. The van der Waals surface area contributed by atoms with Gasteiger partial charge in [-0.1, -0.05) is 19.4 Å². The van der Waals surface area contributed by atoms with Crippen LogP contribution < -0.4 is 24.6 Å². The van der Waals surface area contributed by atoms with Crippen molar-refractivity contribution >= 4 is 62.2 Å². The molecule has 0 saturated carbocycles. The van der Waals surface area contributed by atoms with E-state index in [1.165, 1.54) is 23.4 Å². The molecule has 6 heterocycles. The molecular formula is C42H44F3N11O6S. The van der Waals surface area contributed by atoms with Crippen LogP contribution in [0.5, 0.6) is 0 Å². The van der Waals surface area contributed by atoms with E-state index in [9.17, 15) is 27.6 Å². The number of hydrogen-bond donors (Lipinski definition) is 4. The zero-order valence-electron chi connectivity index (χ0n) is 34.2. The maximum atomic E-state index is 15.6. The number of benzene rings is 2. The van der Waals surface area contributed by atoms with E-state index in [2.05, 4.69) is 30.0 Å². The molecular weight excluding hydrogens is 844 g/mol. The number of aromatic nitrogens is 4. The highest BCUT2D eigenvalue weighted by molar-refractivity contribution is 7.90. The monoisotopic (exact) mass is 887 g/mol. The van der Waals surface area contributed by atoms with Gasteiger partial charge in [-0.05, 0) is 56.1 Å². The molecule has 63 heavy (non-hydrogen) atoms. The number of amides is 4. The van der Waals surface area contributed by atoms with E-state index >= 15 is 13.2 Å². The lowest BCUT2D eigenvalue weighted by atomic mass is 9.94. The van der Waals surface area contributed by atoms with E-state index in [-0.39, 0.29) is 60.5 Å². The molecule has 4 amide bonds. The molecule has 3 aliphatic rings. The predicted octanol–water partition coefficient (Wildman–Crippen LogP) is 4.65. The lowest BCUT2D eigenvalue weighted by Crippen LogP contribution is -2.52. The number of nitrogens with one attached hydrogen (secondary N) is 4. The quantitative estimate of drug-likeness (QED) is 0.120. The number of H-pyrrole nitrogens is 1. The van der Waals surface area contributed by atoms with Gasteiger partial charge in [0.15, 0.2) is 5.82 Å². The number of piperazine rings is 1. The van der Waals surface area contributed by atoms with Crippen LogP contribution in [0.2, 0.25) is 0 Å². The summed E-state index contributed by atoms with van der Waals surface area (Å²) < 4.78 is 75.1. The number of halogens is 3. The lowest BCUT2D eigenvalue weighted by Gasteiger charge is -2.39. The van der Waals surface area contributed by atoms with Crippen LogP contribution in [0.4, 0.5) is 35.3 Å². The first kappa shape index (κ1) is 43.2. The highest BCUT2D eigenvalue weighted by Gasteiger charge is 2.32. The van der Waals surface area contributed by atoms with Gasteiger partial charge in [0.1, 0.15) is 17.3 Å². The Balaban J connectivity index is 0.899. The summed E-state index contributed by atoms with van der Waals surface area (Å²) in [6.45, 7) is 4.52. The number of fused-ring (bicyclic) bond motifs is 1. The molecule has 1 unspecified atom stereocenters. The summed E-state index contributed by atoms with van der Waals surface area (Å²) in [5.74, 6) is -4.04. The van der Waals surface area contributed by atoms with E-state index in [4.69, 9.17) is 0 Å². The zero-order chi connectivity index (χ0) is 44.4. The van der Waals surface area contributed by atoms with Crippen LogP contribution in [0.25, 0.3) is 22.2 Å². The molecule has 330 valence electrons. The smallest absolute Gasteiger partial charge is 0.328 e. The second kappa shape index (κ2) is 18.1. The summed E-state index contributed by atoms with van der Waals surface area (Å²) in [7, 11) is -4.18. The average molecular weight is 888 g/mol. The zero-order valence-corrected chi connectivity index (χ0v) is 35.0. The fourth-order valence-electron chi connectivity index (χ4n) is 8.10. The van der Waals surface area contributed by atoms with Crippen LogP contribution >= 0.6 is 0 Å². The van der Waals surface area contributed by atoms with Gasteiger partial charge >= 0.3 is 6.03 Å². The van der Waals surface area contributed by atoms with Gasteiger partial charge < -0.3 is 14.8 Å². The molecule has 1 atom stereocenters. The van der Waals surface area contributed by atoms with Gasteiger partial charge in [0, 0.05) is 110 Å². The van der Waals surface area contributed by atoms with E-state index in [0.717, 1.165) is 25.0 Å². The lowest BCUT2D eigenvalue weighted by molar-refractivity contribution is -0.133. The van der Waals surface area contributed by atoms with Crippen molar-refractivity contribution in [1.29, 1.82) is 0 Å². The summed E-state index contributed by atoms with van der Waals surface area (Å²) in [5, 5.41) is 2.51. The molecule has 3 fully saturated rings. The number of aromatic amines is 1. The number of hydrogen-bond acceptors (Lipinski definition) is 11. The number of ketones is 1. The number of imide groups is 1. The first-order chi connectivity index (χ1) is 30.3. The first-order valence-corrected chi connectivity index (χ1v) is 22.1. The van der Waals surface area contributed by atoms with E-state index in [1.54, 1.807) is 42.4 Å². The number of likely N-dealkylation sites (tertiary alicyclic amines) is 1. The van der Waals surface area contributed by atoms with Crippen molar-refractivity contribution in [2.45, 2.75) is 45.1 Å². The number of anilines is 3. The third kappa shape index (κ3) is 9.20. The van der Waals surface area contributed by atoms with Crippen LogP contribution in [0, 0.1) is 17.5 Å². The number of carbonyl (C=O) groups excluding carboxylic acids is 4. The molecule has 17 nitrogen and oxygen atoms in total. The van der Waals surface area contributed by atoms with Gasteiger partial charge in [-0.15, -0.1) is 0 Å². The minimum atomic E-state index is -4.18. The maximum Gasteiger partial charge on any atom is 0.328 e. The Labute approximate surface area is 360 Å². The summed E-state index contributed by atoms with van der Waals surface area (Å²) in [6, 6.07) is 7.07. The molecule has 3 aromatic heterocycles. The Morgan fingerprint density at radius 2 is 1.65 bits per heavy atom. The number of carbonyl (C=O) groups is 4. The summed E-state index contributed by atoms with van der Waals surface area (Å²) in [6.07, 6.45) is 9.03. The molecule has 21 heteroatoms. The van der Waals surface area contributed by atoms with Crippen LogP contribution in [0.1, 0.15) is 66.6 Å². The van der Waals surface area contributed by atoms with Crippen molar-refractivity contribution in [2.24, 2.45) is 0 Å². The van der Waals surface area contributed by atoms with Gasteiger partial charge in [-0.3, -0.25) is 34.2 Å². The number of urea groups is 1. The largest absolute Gasteiger partial charge is 0.345 e. The Morgan fingerprint density at radius 3 is 2.38 bits per heavy atom. The van der Waals surface area contributed by atoms with Gasteiger partial charge in [0.2, 0.25) is 23.5 Å². The number of piperidine rings is 1. The van der Waals surface area contributed by atoms with Gasteiger partial charge in [-0.25, -0.2) is 32.9 Å². The standard InChI is InChI=1S/C42H44F3N11O6S/c1-2-11-50-63(61,62)52-33-9-8-31(43)37(38(33)45)39(59)30-23-47-40-29(30)18-25(20-46-40)26-21-48-41(49-22-26)54-16-14-53(15-17-54)36(58)24-55-12-4-3-5-34(55)28-7-6-27(19-32(28)44)56-13-10-35(57)51-42(56)60/h6-9,18-23,34,50,52H,2-5,10-17,24H2,1H3,(H,46,47)(H,51,57,60). The molecule has 0 bridgehead atoms. The molecule has 3 saturated heterocycles. The van der Waals surface area contributed by atoms with Crippen LogP contribution in [-0.2, 0) is 19.8 Å². The fourth-order valence-corrected chi connectivity index (χ4v) is 9.09. The molecule has 8 rings (SSSR count). The second-order valence-electron chi connectivity index (χ2n) is 15.5. The van der Waals surface area contributed by atoms with Crippen molar-refractivity contribution in [3.8, 4) is 11.1 Å². The molecule has 0 spiro atoms. The van der Waals surface area contributed by atoms with Gasteiger partial charge in [-0.2, -0.15) is 13.1 Å². The Kier molecular flexibility index (Phi) is 12.4. The molecule has 4 N–H and O–H groups in total. The normalized spacial score (nSPS) is 17.6. The van der Waals surface area contributed by atoms with Crippen molar-refractivity contribution in [3.63, 3.8) is 0 Å². The minimum absolute atomic E-state index is 0.0718. The van der Waals surface area contributed by atoms with Crippen LogP contribution in [0.3, 0.4) is 0 Å². The number of pyridine rings is 1. The van der Waals surface area contributed by atoms with Crippen molar-refractivity contribution < 1.29 is 40.8 Å². The second-order valence-corrected chi connectivity index (χ2v) is 17.0. The number of nitrogens with zero attached hydrogens (tertiary/aromatic N) is 7. The van der Waals surface area contributed by atoms with Crippen LogP contribution in [-0.4, -0.2) is 114 Å². The summed E-state index contributed by atoms with van der Waals surface area (Å²) in [4.78, 5) is 74.5. The molecule has 0 radical (unpaired) electrons. The summed E-state index contributed by atoms with van der Waals surface area (Å²) >= 11 is 0.